The molecule has 61 heavy (non-hydrogen) atoms. The number of amides is 3. The average molecular weight is 867 g/mol. The van der Waals surface area contributed by atoms with Crippen LogP contribution in [0.1, 0.15) is 51.6 Å². The van der Waals surface area contributed by atoms with E-state index in [-0.39, 0.29) is 75.8 Å². The van der Waals surface area contributed by atoms with E-state index in [0.29, 0.717) is 31.5 Å². The molecule has 22 heteroatoms. The zero-order valence-corrected chi connectivity index (χ0v) is 34.3. The number of aliphatic hydroxyl groups is 4. The van der Waals surface area contributed by atoms with Gasteiger partial charge < -0.3 is 69.4 Å². The van der Waals surface area contributed by atoms with E-state index in [1.54, 1.807) is 11.1 Å². The quantitative estimate of drug-likeness (QED) is 0.0381. The molecule has 1 aromatic heterocycles. The van der Waals surface area contributed by atoms with E-state index in [2.05, 4.69) is 23.5 Å². The van der Waals surface area contributed by atoms with Crippen LogP contribution in [0.5, 0.6) is 0 Å². The van der Waals surface area contributed by atoms with Crippen molar-refractivity contribution in [1.29, 1.82) is 0 Å². The number of hydrogen-bond donors (Lipinski definition) is 6. The summed E-state index contributed by atoms with van der Waals surface area (Å²) >= 11 is 0. The predicted octanol–water partition coefficient (Wildman–Crippen LogP) is -2.37. The standard InChI is InChI=1S/C39H58N6O16/c1-5-23-26-27(24(6-2)59-23)36(53)45(35(26)52)13-9-7-8-12-43(25(47)11-10-20(3)46)18-22-19-44(42-41-22)14-15-56-16-17-57-39-32(51)31(50)33(34(61-39)37(54)55)60-38-28(40)30(49)29(48)21(4)58-38/h5-6,19,21,23-24,26-34,38-39,48-51H,1-2,7-18,40H2,3-4H3,(H,54,55)/t21?,23-,24+,26+,27-,28?,29-,30-,31-,32?,33+,34?,38-,39-/m1/s1. The largest absolute Gasteiger partial charge is 0.479 e. The lowest BCUT2D eigenvalue weighted by Gasteiger charge is -2.45. The van der Waals surface area contributed by atoms with Crippen LogP contribution >= 0.6 is 0 Å². The number of carbonyl (C=O) groups is 5. The summed E-state index contributed by atoms with van der Waals surface area (Å²) in [6, 6.07) is -1.30. The minimum absolute atomic E-state index is 0.0243. The number of rotatable bonds is 23. The molecule has 22 nitrogen and oxygen atoms in total. The SMILES string of the molecule is C=C[C@@H]1O[C@H](C=C)[C@@H]2C(=O)N(CCCCCN(Cc3cn(CCOCCO[C@@H]4OC(C(=O)O)[C@@H](O[C@H]5OC(C)[C@@H](O)[C@H](O)C5N)[C@H](O)C4O)nn3)C(=O)CCC(C)=O)C(=O)[C@@H]21. The smallest absolute Gasteiger partial charge is 0.335 e. The molecule has 5 heterocycles. The van der Waals surface area contributed by atoms with Gasteiger partial charge in [0.25, 0.3) is 0 Å². The maximum Gasteiger partial charge on any atom is 0.335 e. The van der Waals surface area contributed by atoms with Gasteiger partial charge in [-0.1, -0.05) is 17.4 Å². The maximum absolute atomic E-state index is 13.1. The number of likely N-dealkylation sites (tertiary alicyclic amines) is 1. The van der Waals surface area contributed by atoms with Crippen LogP contribution in [0.2, 0.25) is 0 Å². The van der Waals surface area contributed by atoms with Gasteiger partial charge in [0.1, 0.15) is 42.0 Å². The Morgan fingerprint density at radius 2 is 1.57 bits per heavy atom. The topological polar surface area (TPSA) is 305 Å². The zero-order valence-electron chi connectivity index (χ0n) is 34.3. The Bertz CT molecular complexity index is 1680. The monoisotopic (exact) mass is 866 g/mol. The molecule has 0 spiro atoms. The number of aromatic nitrogens is 3. The summed E-state index contributed by atoms with van der Waals surface area (Å²) in [6.45, 7) is 11.2. The van der Waals surface area contributed by atoms with Gasteiger partial charge in [-0.2, -0.15) is 0 Å². The van der Waals surface area contributed by atoms with Gasteiger partial charge in [-0.3, -0.25) is 19.3 Å². The number of carbonyl (C=O) groups excluding carboxylic acids is 4. The molecule has 4 aliphatic rings. The number of imide groups is 1. The molecule has 0 bridgehead atoms. The first-order chi connectivity index (χ1) is 29.1. The lowest BCUT2D eigenvalue weighted by molar-refractivity contribution is -0.337. The number of ether oxygens (including phenoxy) is 6. The molecule has 4 aliphatic heterocycles. The third-order valence-corrected chi connectivity index (χ3v) is 11.2. The number of fused-ring (bicyclic) bond motifs is 1. The van der Waals surface area contributed by atoms with Crippen LogP contribution in [0.15, 0.2) is 31.5 Å². The molecule has 14 atom stereocenters. The van der Waals surface area contributed by atoms with Crippen LogP contribution in [0.3, 0.4) is 0 Å². The number of hydrogen-bond acceptors (Lipinski definition) is 18. The Morgan fingerprint density at radius 1 is 0.885 bits per heavy atom. The third kappa shape index (κ3) is 11.5. The number of carboxylic acid groups (broad SMARTS) is 1. The summed E-state index contributed by atoms with van der Waals surface area (Å²) in [6.07, 6.45) is -8.34. The molecule has 4 fully saturated rings. The Labute approximate surface area is 352 Å². The van der Waals surface area contributed by atoms with Crippen LogP contribution in [0.25, 0.3) is 0 Å². The number of aliphatic carboxylic acids is 1. The summed E-state index contributed by atoms with van der Waals surface area (Å²) in [5, 5.41) is 59.7. The predicted molar refractivity (Wildman–Crippen MR) is 206 cm³/mol. The van der Waals surface area contributed by atoms with Crippen LogP contribution < -0.4 is 5.73 Å². The van der Waals surface area contributed by atoms with Gasteiger partial charge in [-0.25, -0.2) is 9.48 Å². The minimum atomic E-state index is -1.83. The molecule has 3 amide bonds. The number of Topliss-reactive ketones (excluding diaryl/α,β-unsaturated/α-hetero) is 1. The second-order valence-corrected chi connectivity index (χ2v) is 15.6. The molecule has 0 aromatic carbocycles. The van der Waals surface area contributed by atoms with Gasteiger partial charge in [-0.05, 0) is 33.1 Å². The lowest BCUT2D eigenvalue weighted by Crippen LogP contribution is -2.66. The third-order valence-electron chi connectivity index (χ3n) is 11.2. The Hall–Kier alpha value is -4.07. The molecule has 0 aliphatic carbocycles. The van der Waals surface area contributed by atoms with Crippen molar-refractivity contribution in [3.8, 4) is 0 Å². The van der Waals surface area contributed by atoms with Gasteiger partial charge in [-0.15, -0.1) is 18.3 Å². The molecule has 5 rings (SSSR count). The molecule has 4 saturated heterocycles. The van der Waals surface area contributed by atoms with Crippen molar-refractivity contribution >= 4 is 29.5 Å². The molecule has 1 aromatic rings. The molecular formula is C39H58N6O16. The van der Waals surface area contributed by atoms with Gasteiger partial charge in [0.2, 0.25) is 17.7 Å². The first-order valence-electron chi connectivity index (χ1n) is 20.4. The highest BCUT2D eigenvalue weighted by atomic mass is 16.7. The number of ketones is 1. The van der Waals surface area contributed by atoms with E-state index >= 15 is 0 Å². The van der Waals surface area contributed by atoms with Crippen LogP contribution in [-0.4, -0.2) is 186 Å². The van der Waals surface area contributed by atoms with Gasteiger partial charge in [0, 0.05) is 25.9 Å². The van der Waals surface area contributed by atoms with Gasteiger partial charge in [0.15, 0.2) is 18.7 Å². The van der Waals surface area contributed by atoms with Crippen LogP contribution in [0, 0.1) is 11.8 Å². The molecule has 7 N–H and O–H groups in total. The van der Waals surface area contributed by atoms with Crippen molar-refractivity contribution in [3.05, 3.63) is 37.2 Å². The fourth-order valence-corrected chi connectivity index (χ4v) is 7.77. The first kappa shape index (κ1) is 48.0. The number of unbranched alkanes of at least 4 members (excludes halogenated alkanes) is 2. The normalized spacial score (nSPS) is 33.7. The van der Waals surface area contributed by atoms with Crippen molar-refractivity contribution in [3.63, 3.8) is 0 Å². The van der Waals surface area contributed by atoms with Crippen molar-refractivity contribution in [2.75, 3.05) is 32.9 Å². The number of nitrogens with zero attached hydrogens (tertiary/aromatic N) is 5. The summed E-state index contributed by atoms with van der Waals surface area (Å²) in [4.78, 5) is 65.9. The van der Waals surface area contributed by atoms with E-state index in [1.165, 1.54) is 35.6 Å². The molecule has 4 unspecified atom stereocenters. The van der Waals surface area contributed by atoms with Gasteiger partial charge in [0.05, 0.1) is 75.3 Å². The summed E-state index contributed by atoms with van der Waals surface area (Å²) in [7, 11) is 0. The summed E-state index contributed by atoms with van der Waals surface area (Å²) in [5.74, 6) is -3.67. The highest BCUT2D eigenvalue weighted by Gasteiger charge is 2.58. The number of nitrogens with two attached hydrogens (primary N) is 1. The highest BCUT2D eigenvalue weighted by molar-refractivity contribution is 6.06. The van der Waals surface area contributed by atoms with E-state index in [0.717, 1.165) is 0 Å². The molecule has 0 radical (unpaired) electrons. The summed E-state index contributed by atoms with van der Waals surface area (Å²) in [5.41, 5.74) is 6.39. The van der Waals surface area contributed by atoms with Crippen molar-refractivity contribution in [1.82, 2.24) is 24.8 Å². The zero-order chi connectivity index (χ0) is 44.5. The Balaban J connectivity index is 1.03. The van der Waals surface area contributed by atoms with Crippen LogP contribution in [0.4, 0.5) is 0 Å². The molecule has 340 valence electrons. The fourth-order valence-electron chi connectivity index (χ4n) is 7.77. The average Bonchev–Trinajstić information content (AvgIpc) is 3.92. The van der Waals surface area contributed by atoms with E-state index < -0.39 is 91.4 Å². The first-order valence-corrected chi connectivity index (χ1v) is 20.4. The second kappa shape index (κ2) is 21.8. The van der Waals surface area contributed by atoms with Gasteiger partial charge >= 0.3 is 5.97 Å². The molecular weight excluding hydrogens is 808 g/mol. The fraction of sp³-hybridized carbons (Fsp3) is 0.718. The van der Waals surface area contributed by atoms with E-state index in [9.17, 15) is 49.5 Å². The lowest BCUT2D eigenvalue weighted by atomic mass is 9.89. The van der Waals surface area contributed by atoms with Crippen LogP contribution in [-0.2, 0) is 65.5 Å². The van der Waals surface area contributed by atoms with Crippen molar-refractivity contribution in [2.45, 2.75) is 133 Å². The Kier molecular flexibility index (Phi) is 17.2. The second-order valence-electron chi connectivity index (χ2n) is 15.6. The Morgan fingerprint density at radius 3 is 2.21 bits per heavy atom. The van der Waals surface area contributed by atoms with E-state index in [4.69, 9.17) is 34.2 Å². The number of aliphatic hydroxyl groups excluding tert-OH is 4. The highest BCUT2D eigenvalue weighted by Crippen LogP contribution is 2.41. The minimum Gasteiger partial charge on any atom is -0.479 e. The summed E-state index contributed by atoms with van der Waals surface area (Å²) < 4.78 is 34.8. The van der Waals surface area contributed by atoms with E-state index in [1.807, 2.05) is 0 Å². The van der Waals surface area contributed by atoms with Crippen molar-refractivity contribution in [2.24, 2.45) is 17.6 Å². The van der Waals surface area contributed by atoms with Crippen molar-refractivity contribution < 1.29 is 77.9 Å². The number of carboxylic acids is 1. The maximum atomic E-state index is 13.1. The molecule has 0 saturated carbocycles.